The molecule has 1 aromatic carbocycles. The highest BCUT2D eigenvalue weighted by Gasteiger charge is 2.41. The zero-order chi connectivity index (χ0) is 17.7. The van der Waals surface area contributed by atoms with Crippen LogP contribution >= 0.6 is 0 Å². The fourth-order valence-electron chi connectivity index (χ4n) is 4.20. The Labute approximate surface area is 151 Å². The van der Waals surface area contributed by atoms with E-state index in [1.807, 2.05) is 24.3 Å². The second-order valence-corrected chi connectivity index (χ2v) is 7.37. The number of benzene rings is 1. The van der Waals surface area contributed by atoms with Crippen LogP contribution in [0.15, 0.2) is 29.3 Å². The molecule has 2 fully saturated rings. The summed E-state index contributed by atoms with van der Waals surface area (Å²) in [6.07, 6.45) is 6.11. The van der Waals surface area contributed by atoms with Crippen LogP contribution in [0.4, 0.5) is 0 Å². The van der Waals surface area contributed by atoms with Gasteiger partial charge >= 0.3 is 0 Å². The van der Waals surface area contributed by atoms with Gasteiger partial charge in [0.1, 0.15) is 5.75 Å². The molecule has 1 atom stereocenters. The van der Waals surface area contributed by atoms with Gasteiger partial charge in [-0.2, -0.15) is 0 Å². The highest BCUT2D eigenvalue weighted by molar-refractivity contribution is 5.80. The highest BCUT2D eigenvalue weighted by Crippen LogP contribution is 2.45. The van der Waals surface area contributed by atoms with Gasteiger partial charge in [0.15, 0.2) is 5.96 Å². The quantitative estimate of drug-likeness (QED) is 0.636. The molecule has 0 bridgehead atoms. The molecule has 1 saturated carbocycles. The molecule has 1 saturated heterocycles. The molecule has 5 nitrogen and oxygen atoms in total. The molecule has 1 aliphatic carbocycles. The van der Waals surface area contributed by atoms with Crippen LogP contribution in [-0.2, 0) is 0 Å². The molecule has 138 valence electrons. The molecule has 2 N–H and O–H groups in total. The summed E-state index contributed by atoms with van der Waals surface area (Å²) in [4.78, 5) is 7.10. The third-order valence-electron chi connectivity index (χ3n) is 5.63. The Balaban J connectivity index is 1.65. The van der Waals surface area contributed by atoms with Crippen molar-refractivity contribution in [3.05, 3.63) is 29.8 Å². The van der Waals surface area contributed by atoms with Crippen LogP contribution in [0.1, 0.15) is 50.7 Å². The lowest BCUT2D eigenvalue weighted by Gasteiger charge is -2.26. The SMILES string of the molecule is CCNC(=NCC(O)c1cccc(OC)c1)N1CCC2(CCCC2)C1. The zero-order valence-corrected chi connectivity index (χ0v) is 15.5. The van der Waals surface area contributed by atoms with Crippen molar-refractivity contribution < 1.29 is 9.84 Å². The molecule has 1 spiro atoms. The van der Waals surface area contributed by atoms with Crippen LogP contribution in [0.25, 0.3) is 0 Å². The van der Waals surface area contributed by atoms with Gasteiger partial charge in [-0.25, -0.2) is 0 Å². The molecule has 1 aromatic rings. The van der Waals surface area contributed by atoms with Gasteiger partial charge in [0.25, 0.3) is 0 Å². The van der Waals surface area contributed by atoms with E-state index in [2.05, 4.69) is 17.1 Å². The minimum Gasteiger partial charge on any atom is -0.497 e. The topological polar surface area (TPSA) is 57.1 Å². The van der Waals surface area contributed by atoms with E-state index in [9.17, 15) is 5.11 Å². The number of rotatable bonds is 5. The Kier molecular flexibility index (Phi) is 5.84. The highest BCUT2D eigenvalue weighted by atomic mass is 16.5. The molecular weight excluding hydrogens is 314 g/mol. The van der Waals surface area contributed by atoms with Crippen LogP contribution in [0, 0.1) is 5.41 Å². The molecule has 2 aliphatic rings. The number of hydrogen-bond acceptors (Lipinski definition) is 3. The number of aliphatic imine (C=N–C) groups is 1. The summed E-state index contributed by atoms with van der Waals surface area (Å²) in [7, 11) is 1.64. The fourth-order valence-corrected chi connectivity index (χ4v) is 4.20. The summed E-state index contributed by atoms with van der Waals surface area (Å²) in [5, 5.41) is 13.9. The van der Waals surface area contributed by atoms with E-state index in [1.165, 1.54) is 32.1 Å². The smallest absolute Gasteiger partial charge is 0.194 e. The van der Waals surface area contributed by atoms with Crippen molar-refractivity contribution in [2.24, 2.45) is 10.4 Å². The number of ether oxygens (including phenoxy) is 1. The normalized spacial score (nSPS) is 20.9. The Bertz CT molecular complexity index is 596. The molecule has 1 heterocycles. The van der Waals surface area contributed by atoms with Gasteiger partial charge in [0, 0.05) is 19.6 Å². The summed E-state index contributed by atoms with van der Waals surface area (Å²) in [5.74, 6) is 1.70. The van der Waals surface area contributed by atoms with Crippen molar-refractivity contribution in [2.45, 2.75) is 45.1 Å². The van der Waals surface area contributed by atoms with Crippen LogP contribution in [0.2, 0.25) is 0 Å². The summed E-state index contributed by atoms with van der Waals surface area (Å²) in [5.41, 5.74) is 1.36. The summed E-state index contributed by atoms with van der Waals surface area (Å²) in [6, 6.07) is 7.57. The lowest BCUT2D eigenvalue weighted by Crippen LogP contribution is -2.41. The van der Waals surface area contributed by atoms with Crippen molar-refractivity contribution in [2.75, 3.05) is 33.3 Å². The Morgan fingerprint density at radius 2 is 2.16 bits per heavy atom. The molecule has 5 heteroatoms. The monoisotopic (exact) mass is 345 g/mol. The Hall–Kier alpha value is -1.75. The van der Waals surface area contributed by atoms with Crippen molar-refractivity contribution in [1.82, 2.24) is 10.2 Å². The Morgan fingerprint density at radius 1 is 1.36 bits per heavy atom. The summed E-state index contributed by atoms with van der Waals surface area (Å²) >= 11 is 0. The molecule has 3 rings (SSSR count). The second kappa shape index (κ2) is 8.09. The van der Waals surface area contributed by atoms with Crippen LogP contribution in [-0.4, -0.2) is 49.3 Å². The number of nitrogens with one attached hydrogen (secondary N) is 1. The van der Waals surface area contributed by atoms with Crippen LogP contribution < -0.4 is 10.1 Å². The first kappa shape index (κ1) is 18.1. The van der Waals surface area contributed by atoms with E-state index in [4.69, 9.17) is 9.73 Å². The number of aliphatic hydroxyl groups is 1. The first-order chi connectivity index (χ1) is 12.2. The maximum atomic E-state index is 10.5. The molecule has 0 amide bonds. The van der Waals surface area contributed by atoms with Gasteiger partial charge in [0.2, 0.25) is 0 Å². The standard InChI is InChI=1S/C20H31N3O2/c1-3-21-19(23-12-11-20(15-23)9-4-5-10-20)22-14-18(24)16-7-6-8-17(13-16)25-2/h6-8,13,18,24H,3-5,9-12,14-15H2,1-2H3,(H,21,22). The predicted octanol–water partition coefficient (Wildman–Crippen LogP) is 2.96. The lowest BCUT2D eigenvalue weighted by atomic mass is 9.86. The maximum absolute atomic E-state index is 10.5. The molecular formula is C20H31N3O2. The van der Waals surface area contributed by atoms with Gasteiger partial charge in [0.05, 0.1) is 19.8 Å². The number of likely N-dealkylation sites (tertiary alicyclic amines) is 1. The van der Waals surface area contributed by atoms with Gasteiger partial charge in [-0.1, -0.05) is 25.0 Å². The van der Waals surface area contributed by atoms with Crippen molar-refractivity contribution in [1.29, 1.82) is 0 Å². The number of methoxy groups -OCH3 is 1. The zero-order valence-electron chi connectivity index (χ0n) is 15.5. The van der Waals surface area contributed by atoms with Gasteiger partial charge in [-0.3, -0.25) is 4.99 Å². The van der Waals surface area contributed by atoms with Crippen molar-refractivity contribution >= 4 is 5.96 Å². The third-order valence-corrected chi connectivity index (χ3v) is 5.63. The number of hydrogen-bond donors (Lipinski definition) is 2. The number of guanidine groups is 1. The van der Waals surface area contributed by atoms with E-state index in [1.54, 1.807) is 7.11 Å². The maximum Gasteiger partial charge on any atom is 0.194 e. The second-order valence-electron chi connectivity index (χ2n) is 7.37. The van der Waals surface area contributed by atoms with Gasteiger partial charge < -0.3 is 20.1 Å². The molecule has 1 unspecified atom stereocenters. The van der Waals surface area contributed by atoms with Crippen molar-refractivity contribution in [3.63, 3.8) is 0 Å². The first-order valence-corrected chi connectivity index (χ1v) is 9.51. The van der Waals surface area contributed by atoms with E-state index >= 15 is 0 Å². The molecule has 0 radical (unpaired) electrons. The van der Waals surface area contributed by atoms with E-state index in [0.29, 0.717) is 12.0 Å². The van der Waals surface area contributed by atoms with E-state index in [0.717, 1.165) is 36.9 Å². The van der Waals surface area contributed by atoms with Crippen LogP contribution in [0.3, 0.4) is 0 Å². The number of aliphatic hydroxyl groups excluding tert-OH is 1. The van der Waals surface area contributed by atoms with Gasteiger partial charge in [-0.15, -0.1) is 0 Å². The molecule has 25 heavy (non-hydrogen) atoms. The van der Waals surface area contributed by atoms with E-state index in [-0.39, 0.29) is 0 Å². The first-order valence-electron chi connectivity index (χ1n) is 9.51. The van der Waals surface area contributed by atoms with Gasteiger partial charge in [-0.05, 0) is 49.3 Å². The fraction of sp³-hybridized carbons (Fsp3) is 0.650. The minimum atomic E-state index is -0.619. The average Bonchev–Trinajstić information content (AvgIpc) is 3.28. The van der Waals surface area contributed by atoms with Crippen LogP contribution in [0.5, 0.6) is 5.75 Å². The summed E-state index contributed by atoms with van der Waals surface area (Å²) < 4.78 is 5.24. The average molecular weight is 345 g/mol. The molecule has 1 aliphatic heterocycles. The Morgan fingerprint density at radius 3 is 2.88 bits per heavy atom. The lowest BCUT2D eigenvalue weighted by molar-refractivity contribution is 0.186. The largest absolute Gasteiger partial charge is 0.497 e. The van der Waals surface area contributed by atoms with Crippen molar-refractivity contribution in [3.8, 4) is 5.75 Å². The predicted molar refractivity (Wildman–Crippen MR) is 101 cm³/mol. The number of nitrogens with zero attached hydrogens (tertiary/aromatic N) is 2. The minimum absolute atomic E-state index is 0.360. The van der Waals surface area contributed by atoms with E-state index < -0.39 is 6.10 Å². The summed E-state index contributed by atoms with van der Waals surface area (Å²) in [6.45, 7) is 5.47. The third kappa shape index (κ3) is 4.27. The molecule has 0 aromatic heterocycles.